The third-order valence-electron chi connectivity index (χ3n) is 2.69. The number of rotatable bonds is 2. The van der Waals surface area contributed by atoms with E-state index in [0.717, 1.165) is 46.8 Å². The Labute approximate surface area is 108 Å². The van der Waals surface area contributed by atoms with Gasteiger partial charge in [-0.05, 0) is 6.26 Å². The summed E-state index contributed by atoms with van der Waals surface area (Å²) in [5, 5.41) is 3.32. The van der Waals surface area contributed by atoms with E-state index in [1.54, 1.807) is 23.1 Å². The molecule has 0 bridgehead atoms. The molecule has 1 N–H and O–H groups in total. The smallest absolute Gasteiger partial charge is 0.226 e. The summed E-state index contributed by atoms with van der Waals surface area (Å²) in [5.41, 5.74) is 0.901. The molecule has 0 unspecified atom stereocenters. The molecule has 1 saturated heterocycles. The summed E-state index contributed by atoms with van der Waals surface area (Å²) in [6.07, 6.45) is 3.86. The van der Waals surface area contributed by atoms with Crippen molar-refractivity contribution in [3.8, 4) is 0 Å². The van der Waals surface area contributed by atoms with E-state index < -0.39 is 0 Å². The van der Waals surface area contributed by atoms with Crippen molar-refractivity contribution in [1.82, 2.24) is 20.3 Å². The van der Waals surface area contributed by atoms with Crippen molar-refractivity contribution in [1.29, 1.82) is 0 Å². The molecule has 2 aromatic heterocycles. The topological polar surface area (TPSA) is 53.9 Å². The fourth-order valence-electron chi connectivity index (χ4n) is 1.81. The van der Waals surface area contributed by atoms with Crippen LogP contribution in [0.2, 0.25) is 0 Å². The molecule has 0 saturated carbocycles. The first kappa shape index (κ1) is 11.2. The quantitative estimate of drug-likeness (QED) is 0.826. The van der Waals surface area contributed by atoms with Crippen molar-refractivity contribution in [3.63, 3.8) is 0 Å². The molecule has 0 radical (unpaired) electrons. The standard InChI is InChI=1S/C10H13N5S2/c1-16-10-13-7-6-12-9(14-8(7)17-10)15-4-2-11-3-5-15/h6,11H,2-5H2,1H3. The van der Waals surface area contributed by atoms with Crippen LogP contribution in [0.5, 0.6) is 0 Å². The van der Waals surface area contributed by atoms with E-state index in [-0.39, 0.29) is 0 Å². The summed E-state index contributed by atoms with van der Waals surface area (Å²) < 4.78 is 1.05. The van der Waals surface area contributed by atoms with E-state index in [9.17, 15) is 0 Å². The zero-order valence-corrected chi connectivity index (χ0v) is 11.1. The SMILES string of the molecule is CSc1nc2cnc(N3CCNCC3)nc2s1. The van der Waals surface area contributed by atoms with Crippen LogP contribution in [0, 0.1) is 0 Å². The van der Waals surface area contributed by atoms with Crippen molar-refractivity contribution in [2.24, 2.45) is 0 Å². The number of anilines is 1. The molecular weight excluding hydrogens is 254 g/mol. The van der Waals surface area contributed by atoms with Gasteiger partial charge in [-0.1, -0.05) is 23.1 Å². The Balaban J connectivity index is 1.94. The van der Waals surface area contributed by atoms with Gasteiger partial charge in [-0.15, -0.1) is 0 Å². The third kappa shape index (κ3) is 2.22. The zero-order valence-electron chi connectivity index (χ0n) is 9.51. The molecule has 3 heterocycles. The number of hydrogen-bond acceptors (Lipinski definition) is 7. The van der Waals surface area contributed by atoms with E-state index in [1.807, 2.05) is 12.5 Å². The fourth-order valence-corrected chi connectivity index (χ4v) is 3.21. The summed E-state index contributed by atoms with van der Waals surface area (Å²) in [6, 6.07) is 0. The Kier molecular flexibility index (Phi) is 3.13. The van der Waals surface area contributed by atoms with Crippen molar-refractivity contribution in [3.05, 3.63) is 6.20 Å². The van der Waals surface area contributed by atoms with Gasteiger partial charge in [0.15, 0.2) is 4.34 Å². The van der Waals surface area contributed by atoms with Gasteiger partial charge >= 0.3 is 0 Å². The zero-order chi connectivity index (χ0) is 11.7. The number of piperazine rings is 1. The number of fused-ring (bicyclic) bond motifs is 1. The fraction of sp³-hybridized carbons (Fsp3) is 0.500. The lowest BCUT2D eigenvalue weighted by atomic mass is 10.4. The molecule has 0 aliphatic carbocycles. The minimum absolute atomic E-state index is 0.829. The molecule has 0 aromatic carbocycles. The maximum atomic E-state index is 4.60. The first-order chi connectivity index (χ1) is 8.36. The highest BCUT2D eigenvalue weighted by molar-refractivity contribution is 8.00. The number of nitrogens with zero attached hydrogens (tertiary/aromatic N) is 4. The molecule has 1 fully saturated rings. The van der Waals surface area contributed by atoms with Gasteiger partial charge in [0.25, 0.3) is 0 Å². The molecule has 1 aliphatic heterocycles. The lowest BCUT2D eigenvalue weighted by Crippen LogP contribution is -2.44. The highest BCUT2D eigenvalue weighted by atomic mass is 32.2. The van der Waals surface area contributed by atoms with Gasteiger partial charge in [-0.3, -0.25) is 0 Å². The Morgan fingerprint density at radius 3 is 2.94 bits per heavy atom. The summed E-state index contributed by atoms with van der Waals surface area (Å²) in [6.45, 7) is 3.94. The number of aromatic nitrogens is 3. The molecule has 90 valence electrons. The predicted octanol–water partition coefficient (Wildman–Crippen LogP) is 1.22. The van der Waals surface area contributed by atoms with Crippen LogP contribution in [0.25, 0.3) is 10.3 Å². The Bertz CT molecular complexity index is 520. The molecule has 1 aliphatic rings. The van der Waals surface area contributed by atoms with E-state index in [0.29, 0.717) is 0 Å². The maximum Gasteiger partial charge on any atom is 0.226 e. The Morgan fingerprint density at radius 2 is 2.18 bits per heavy atom. The third-order valence-corrected chi connectivity index (χ3v) is 4.64. The molecule has 5 nitrogen and oxygen atoms in total. The normalized spacial score (nSPS) is 16.6. The first-order valence-electron chi connectivity index (χ1n) is 5.50. The average molecular weight is 267 g/mol. The molecule has 2 aromatic rings. The Morgan fingerprint density at radius 1 is 1.35 bits per heavy atom. The molecule has 0 amide bonds. The highest BCUT2D eigenvalue weighted by Gasteiger charge is 2.14. The van der Waals surface area contributed by atoms with E-state index in [2.05, 4.69) is 25.2 Å². The monoisotopic (exact) mass is 267 g/mol. The minimum atomic E-state index is 0.829. The van der Waals surface area contributed by atoms with Gasteiger partial charge in [-0.25, -0.2) is 15.0 Å². The van der Waals surface area contributed by atoms with Crippen LogP contribution < -0.4 is 10.2 Å². The molecule has 3 rings (SSSR count). The van der Waals surface area contributed by atoms with Crippen LogP contribution in [0.3, 0.4) is 0 Å². The summed E-state index contributed by atoms with van der Waals surface area (Å²) >= 11 is 3.29. The number of hydrogen-bond donors (Lipinski definition) is 1. The number of thioether (sulfide) groups is 1. The van der Waals surface area contributed by atoms with Gasteiger partial charge in [0.05, 0.1) is 6.20 Å². The Hall–Kier alpha value is -0.920. The minimum Gasteiger partial charge on any atom is -0.338 e. The largest absolute Gasteiger partial charge is 0.338 e. The van der Waals surface area contributed by atoms with Crippen LogP contribution in [0.15, 0.2) is 10.5 Å². The van der Waals surface area contributed by atoms with Gasteiger partial charge in [0.2, 0.25) is 5.95 Å². The highest BCUT2D eigenvalue weighted by Crippen LogP contribution is 2.27. The van der Waals surface area contributed by atoms with E-state index >= 15 is 0 Å². The van der Waals surface area contributed by atoms with Crippen LogP contribution in [0.4, 0.5) is 5.95 Å². The van der Waals surface area contributed by atoms with Crippen molar-refractivity contribution < 1.29 is 0 Å². The van der Waals surface area contributed by atoms with Gasteiger partial charge in [-0.2, -0.15) is 0 Å². The van der Waals surface area contributed by atoms with E-state index in [4.69, 9.17) is 0 Å². The van der Waals surface area contributed by atoms with Gasteiger partial charge in [0.1, 0.15) is 10.3 Å². The van der Waals surface area contributed by atoms with Crippen molar-refractivity contribution >= 4 is 39.4 Å². The average Bonchev–Trinajstić information content (AvgIpc) is 2.81. The lowest BCUT2D eigenvalue weighted by molar-refractivity contribution is 0.580. The molecule has 0 atom stereocenters. The number of thiazole rings is 1. The van der Waals surface area contributed by atoms with Crippen LogP contribution >= 0.6 is 23.1 Å². The van der Waals surface area contributed by atoms with Crippen LogP contribution in [0.1, 0.15) is 0 Å². The van der Waals surface area contributed by atoms with Crippen LogP contribution in [-0.2, 0) is 0 Å². The summed E-state index contributed by atoms with van der Waals surface area (Å²) in [4.78, 5) is 16.6. The molecule has 17 heavy (non-hydrogen) atoms. The molecule has 0 spiro atoms. The maximum absolute atomic E-state index is 4.60. The summed E-state index contributed by atoms with van der Waals surface area (Å²) in [5.74, 6) is 0.829. The van der Waals surface area contributed by atoms with E-state index in [1.165, 1.54) is 0 Å². The van der Waals surface area contributed by atoms with Crippen molar-refractivity contribution in [2.45, 2.75) is 4.34 Å². The van der Waals surface area contributed by atoms with Crippen molar-refractivity contribution in [2.75, 3.05) is 37.3 Å². The van der Waals surface area contributed by atoms with Gasteiger partial charge in [0, 0.05) is 26.2 Å². The second-order valence-corrected chi connectivity index (χ2v) is 5.81. The van der Waals surface area contributed by atoms with Gasteiger partial charge < -0.3 is 10.2 Å². The predicted molar refractivity (Wildman–Crippen MR) is 72.1 cm³/mol. The molecular formula is C10H13N5S2. The number of nitrogens with one attached hydrogen (secondary N) is 1. The summed E-state index contributed by atoms with van der Waals surface area (Å²) in [7, 11) is 0. The second-order valence-electron chi connectivity index (χ2n) is 3.78. The molecule has 7 heteroatoms. The lowest BCUT2D eigenvalue weighted by Gasteiger charge is -2.27. The second kappa shape index (κ2) is 4.75. The first-order valence-corrected chi connectivity index (χ1v) is 7.54. The van der Waals surface area contributed by atoms with Crippen LogP contribution in [-0.4, -0.2) is 47.4 Å².